The Labute approximate surface area is 94.5 Å². The number of aryl methyl sites for hydroxylation is 1. The lowest BCUT2D eigenvalue weighted by atomic mass is 10.2. The fraction of sp³-hybridized carbons (Fsp3) is 0.545. The second-order valence-corrected chi connectivity index (χ2v) is 4.03. The number of aromatic nitrogens is 4. The summed E-state index contributed by atoms with van der Waals surface area (Å²) in [6.07, 6.45) is 4.53. The normalized spacial score (nSPS) is 11.2. The third-order valence-electron chi connectivity index (χ3n) is 2.40. The van der Waals surface area contributed by atoms with Gasteiger partial charge in [-0.05, 0) is 0 Å². The molecule has 0 saturated carbocycles. The molecule has 0 aromatic carbocycles. The molecule has 0 spiro atoms. The van der Waals surface area contributed by atoms with Crippen molar-refractivity contribution in [3.8, 4) is 0 Å². The molecule has 2 rings (SSSR count). The smallest absolute Gasteiger partial charge is 0.246 e. The van der Waals surface area contributed by atoms with E-state index in [0.29, 0.717) is 18.4 Å². The summed E-state index contributed by atoms with van der Waals surface area (Å²) >= 11 is 0. The molecule has 0 saturated heterocycles. The minimum Gasteiger partial charge on any atom is -0.337 e. The number of hydrogen-bond donors (Lipinski definition) is 0. The van der Waals surface area contributed by atoms with Crippen LogP contribution in [-0.2, 0) is 13.0 Å². The molecule has 0 aliphatic carbocycles. The molecule has 5 nitrogen and oxygen atoms in total. The lowest BCUT2D eigenvalue weighted by Crippen LogP contribution is -2.06. The largest absolute Gasteiger partial charge is 0.337 e. The van der Waals surface area contributed by atoms with Crippen LogP contribution in [0.3, 0.4) is 0 Å². The number of rotatable bonds is 4. The van der Waals surface area contributed by atoms with Crippen molar-refractivity contribution in [3.05, 3.63) is 29.9 Å². The van der Waals surface area contributed by atoms with Crippen LogP contribution in [0.1, 0.15) is 44.2 Å². The first-order valence-electron chi connectivity index (χ1n) is 5.53. The van der Waals surface area contributed by atoms with Gasteiger partial charge in [-0.25, -0.2) is 4.98 Å². The highest BCUT2D eigenvalue weighted by Crippen LogP contribution is 2.13. The molecule has 86 valence electrons. The Balaban J connectivity index is 2.17. The second-order valence-electron chi connectivity index (χ2n) is 4.03. The summed E-state index contributed by atoms with van der Waals surface area (Å²) in [7, 11) is 0. The molecule has 0 radical (unpaired) electrons. The second kappa shape index (κ2) is 4.47. The van der Waals surface area contributed by atoms with E-state index in [1.807, 2.05) is 17.7 Å². The highest BCUT2D eigenvalue weighted by molar-refractivity contribution is 5.00. The van der Waals surface area contributed by atoms with Crippen molar-refractivity contribution in [2.45, 2.75) is 39.7 Å². The van der Waals surface area contributed by atoms with Crippen LogP contribution in [0, 0.1) is 0 Å². The van der Waals surface area contributed by atoms with E-state index >= 15 is 0 Å². The van der Waals surface area contributed by atoms with E-state index in [0.717, 1.165) is 18.1 Å². The maximum absolute atomic E-state index is 5.15. The van der Waals surface area contributed by atoms with E-state index in [-0.39, 0.29) is 0 Å². The van der Waals surface area contributed by atoms with Gasteiger partial charge in [0.1, 0.15) is 12.4 Å². The zero-order chi connectivity index (χ0) is 11.5. The zero-order valence-corrected chi connectivity index (χ0v) is 9.84. The van der Waals surface area contributed by atoms with Gasteiger partial charge in [0, 0.05) is 24.7 Å². The van der Waals surface area contributed by atoms with Gasteiger partial charge < -0.3 is 9.09 Å². The van der Waals surface area contributed by atoms with Gasteiger partial charge in [-0.2, -0.15) is 4.98 Å². The van der Waals surface area contributed by atoms with Gasteiger partial charge in [0.05, 0.1) is 0 Å². The summed E-state index contributed by atoms with van der Waals surface area (Å²) in [5.74, 6) is 2.82. The van der Waals surface area contributed by atoms with Crippen molar-refractivity contribution >= 4 is 0 Å². The third-order valence-corrected chi connectivity index (χ3v) is 2.40. The number of imidazole rings is 1. The summed E-state index contributed by atoms with van der Waals surface area (Å²) in [6.45, 7) is 6.83. The van der Waals surface area contributed by atoms with Crippen molar-refractivity contribution < 1.29 is 4.52 Å². The molecular weight excluding hydrogens is 204 g/mol. The number of hydrogen-bond acceptors (Lipinski definition) is 4. The van der Waals surface area contributed by atoms with Crippen LogP contribution >= 0.6 is 0 Å². The summed E-state index contributed by atoms with van der Waals surface area (Å²) in [6, 6.07) is 0. The van der Waals surface area contributed by atoms with Gasteiger partial charge in [-0.3, -0.25) is 0 Å². The molecular formula is C11H16N4O. The van der Waals surface area contributed by atoms with Crippen LogP contribution < -0.4 is 0 Å². The Morgan fingerprint density at radius 3 is 2.88 bits per heavy atom. The topological polar surface area (TPSA) is 56.7 Å². The van der Waals surface area contributed by atoms with Crippen LogP contribution in [0.15, 0.2) is 16.9 Å². The Morgan fingerprint density at radius 1 is 1.44 bits per heavy atom. The standard InChI is InChI=1S/C11H16N4O/c1-4-9-13-10(16-14-9)7-15-6-5-12-11(15)8(2)3/h5-6,8H,4,7H2,1-3H3. The predicted molar refractivity (Wildman–Crippen MR) is 59.1 cm³/mol. The van der Waals surface area contributed by atoms with Crippen LogP contribution in [0.25, 0.3) is 0 Å². The molecule has 0 N–H and O–H groups in total. The van der Waals surface area contributed by atoms with Crippen molar-refractivity contribution in [1.29, 1.82) is 0 Å². The molecule has 5 heteroatoms. The van der Waals surface area contributed by atoms with E-state index in [2.05, 4.69) is 29.0 Å². The van der Waals surface area contributed by atoms with Gasteiger partial charge in [0.2, 0.25) is 5.89 Å². The lowest BCUT2D eigenvalue weighted by Gasteiger charge is -2.07. The van der Waals surface area contributed by atoms with Crippen LogP contribution in [-0.4, -0.2) is 19.7 Å². The Kier molecular flexibility index (Phi) is 3.03. The molecule has 16 heavy (non-hydrogen) atoms. The minimum atomic E-state index is 0.392. The predicted octanol–water partition coefficient (Wildman–Crippen LogP) is 2.00. The van der Waals surface area contributed by atoms with Crippen LogP contribution in [0.2, 0.25) is 0 Å². The van der Waals surface area contributed by atoms with Gasteiger partial charge in [0.25, 0.3) is 0 Å². The molecule has 0 fully saturated rings. The average molecular weight is 220 g/mol. The molecule has 2 heterocycles. The Morgan fingerprint density at radius 2 is 2.25 bits per heavy atom. The molecule has 0 unspecified atom stereocenters. The van der Waals surface area contributed by atoms with Crippen molar-refractivity contribution in [2.75, 3.05) is 0 Å². The molecule has 2 aromatic heterocycles. The van der Waals surface area contributed by atoms with Crippen molar-refractivity contribution in [3.63, 3.8) is 0 Å². The molecule has 0 atom stereocenters. The molecule has 0 bridgehead atoms. The van der Waals surface area contributed by atoms with Crippen molar-refractivity contribution in [1.82, 2.24) is 19.7 Å². The first-order valence-corrected chi connectivity index (χ1v) is 5.53. The maximum Gasteiger partial charge on any atom is 0.246 e. The first-order chi connectivity index (χ1) is 7.70. The summed E-state index contributed by atoms with van der Waals surface area (Å²) < 4.78 is 7.19. The fourth-order valence-electron chi connectivity index (χ4n) is 1.60. The third kappa shape index (κ3) is 2.13. The number of nitrogens with zero attached hydrogens (tertiary/aromatic N) is 4. The summed E-state index contributed by atoms with van der Waals surface area (Å²) in [5, 5.41) is 3.87. The average Bonchev–Trinajstić information content (AvgIpc) is 2.87. The van der Waals surface area contributed by atoms with Gasteiger partial charge in [-0.15, -0.1) is 0 Å². The summed E-state index contributed by atoms with van der Waals surface area (Å²) in [4.78, 5) is 8.59. The molecule has 2 aromatic rings. The van der Waals surface area contributed by atoms with Crippen LogP contribution in [0.4, 0.5) is 0 Å². The first kappa shape index (κ1) is 10.9. The van der Waals surface area contributed by atoms with E-state index < -0.39 is 0 Å². The van der Waals surface area contributed by atoms with Crippen LogP contribution in [0.5, 0.6) is 0 Å². The van der Waals surface area contributed by atoms with Gasteiger partial charge in [0.15, 0.2) is 5.82 Å². The molecule has 0 amide bonds. The monoisotopic (exact) mass is 220 g/mol. The van der Waals surface area contributed by atoms with E-state index in [9.17, 15) is 0 Å². The summed E-state index contributed by atoms with van der Waals surface area (Å²) in [5.41, 5.74) is 0. The lowest BCUT2D eigenvalue weighted by molar-refractivity contribution is 0.364. The van der Waals surface area contributed by atoms with E-state index in [1.165, 1.54) is 0 Å². The highest BCUT2D eigenvalue weighted by Gasteiger charge is 2.10. The quantitative estimate of drug-likeness (QED) is 0.790. The SMILES string of the molecule is CCc1noc(Cn2ccnc2C(C)C)n1. The zero-order valence-electron chi connectivity index (χ0n) is 9.84. The van der Waals surface area contributed by atoms with Gasteiger partial charge in [-0.1, -0.05) is 25.9 Å². The Hall–Kier alpha value is -1.65. The molecule has 0 aliphatic heterocycles. The Bertz CT molecular complexity index is 458. The fourth-order valence-corrected chi connectivity index (χ4v) is 1.60. The maximum atomic E-state index is 5.15. The van der Waals surface area contributed by atoms with E-state index in [1.54, 1.807) is 6.20 Å². The highest BCUT2D eigenvalue weighted by atomic mass is 16.5. The van der Waals surface area contributed by atoms with E-state index in [4.69, 9.17) is 4.52 Å². The molecule has 0 aliphatic rings. The minimum absolute atomic E-state index is 0.392. The van der Waals surface area contributed by atoms with Gasteiger partial charge >= 0.3 is 0 Å². The van der Waals surface area contributed by atoms with Crippen molar-refractivity contribution in [2.24, 2.45) is 0 Å².